The molecular formula is C27H30FN3O3S. The average molecular weight is 496 g/mol. The number of para-hydroxylation sites is 1. The lowest BCUT2D eigenvalue weighted by Crippen LogP contribution is -2.30. The Balaban J connectivity index is 1.68. The molecule has 35 heavy (non-hydrogen) atoms. The third-order valence-corrected chi connectivity index (χ3v) is 6.92. The number of nitrogens with zero attached hydrogens (tertiary/aromatic N) is 1. The molecule has 1 heterocycles. The largest absolute Gasteiger partial charge is 0.478 e. The van der Waals surface area contributed by atoms with E-state index in [1.165, 1.54) is 36.3 Å². The number of carbonyl (C=O) groups is 2. The second kappa shape index (κ2) is 10.9. The van der Waals surface area contributed by atoms with Gasteiger partial charge in [-0.15, -0.1) is 11.3 Å². The number of carbonyl (C=O) groups excluding carboxylic acids is 1. The van der Waals surface area contributed by atoms with Gasteiger partial charge in [-0.3, -0.25) is 0 Å². The van der Waals surface area contributed by atoms with Gasteiger partial charge in [0.2, 0.25) is 0 Å². The number of hydrogen-bond donors (Lipinski definition) is 3. The molecule has 0 aliphatic heterocycles. The molecule has 1 aliphatic rings. The number of halogens is 1. The third kappa shape index (κ3) is 6.39. The molecule has 0 spiro atoms. The molecule has 1 saturated carbocycles. The molecule has 0 atom stereocenters. The Hall–Kier alpha value is -3.39. The van der Waals surface area contributed by atoms with Crippen molar-refractivity contribution in [2.24, 2.45) is 11.8 Å². The SMILES string of the molecule is CC(C)CN(CCC1CC1)c1ccc(-c2sccc2C(=O)O)cc1NC(=O)Nc1ccccc1F. The van der Waals surface area contributed by atoms with Crippen LogP contribution in [0.5, 0.6) is 0 Å². The number of rotatable bonds is 10. The lowest BCUT2D eigenvalue weighted by Gasteiger charge is -2.29. The second-order valence-electron chi connectivity index (χ2n) is 9.33. The quantitative estimate of drug-likeness (QED) is 0.279. The molecule has 8 heteroatoms. The minimum Gasteiger partial charge on any atom is -0.478 e. The molecule has 1 aliphatic carbocycles. The van der Waals surface area contributed by atoms with Crippen LogP contribution in [0.25, 0.3) is 10.4 Å². The van der Waals surface area contributed by atoms with Crippen LogP contribution in [0.2, 0.25) is 0 Å². The number of carboxylic acid groups (broad SMARTS) is 1. The molecule has 0 saturated heterocycles. The van der Waals surface area contributed by atoms with Gasteiger partial charge >= 0.3 is 12.0 Å². The van der Waals surface area contributed by atoms with Gasteiger partial charge in [-0.05, 0) is 59.5 Å². The molecule has 0 unspecified atom stereocenters. The Morgan fingerprint density at radius 1 is 1.11 bits per heavy atom. The van der Waals surface area contributed by atoms with Gasteiger partial charge in [0.25, 0.3) is 0 Å². The van der Waals surface area contributed by atoms with E-state index in [0.29, 0.717) is 22.0 Å². The number of amides is 2. The maximum absolute atomic E-state index is 14.1. The van der Waals surface area contributed by atoms with Gasteiger partial charge in [0.15, 0.2) is 0 Å². The molecule has 0 bridgehead atoms. The number of carboxylic acids is 1. The first-order valence-electron chi connectivity index (χ1n) is 11.8. The first kappa shape index (κ1) is 24.7. The summed E-state index contributed by atoms with van der Waals surface area (Å²) >= 11 is 1.34. The van der Waals surface area contributed by atoms with E-state index < -0.39 is 17.8 Å². The van der Waals surface area contributed by atoms with Crippen LogP contribution >= 0.6 is 11.3 Å². The monoisotopic (exact) mass is 495 g/mol. The van der Waals surface area contributed by atoms with Crippen molar-refractivity contribution in [1.29, 1.82) is 0 Å². The number of urea groups is 1. The second-order valence-corrected chi connectivity index (χ2v) is 10.2. The van der Waals surface area contributed by atoms with E-state index in [4.69, 9.17) is 0 Å². The minimum atomic E-state index is -0.997. The summed E-state index contributed by atoms with van der Waals surface area (Å²) in [6.07, 6.45) is 3.62. The molecule has 1 aromatic heterocycles. The van der Waals surface area contributed by atoms with Crippen molar-refractivity contribution in [2.75, 3.05) is 28.6 Å². The maximum atomic E-state index is 14.1. The number of benzene rings is 2. The highest BCUT2D eigenvalue weighted by atomic mass is 32.1. The predicted molar refractivity (Wildman–Crippen MR) is 140 cm³/mol. The van der Waals surface area contributed by atoms with E-state index in [-0.39, 0.29) is 11.3 Å². The summed E-state index contributed by atoms with van der Waals surface area (Å²) in [4.78, 5) is 27.5. The fourth-order valence-electron chi connectivity index (χ4n) is 4.09. The van der Waals surface area contributed by atoms with Gasteiger partial charge in [0, 0.05) is 18.0 Å². The van der Waals surface area contributed by atoms with E-state index >= 15 is 0 Å². The molecule has 4 rings (SSSR count). The van der Waals surface area contributed by atoms with Crippen LogP contribution in [0.1, 0.15) is 43.5 Å². The first-order chi connectivity index (χ1) is 16.8. The van der Waals surface area contributed by atoms with Gasteiger partial charge < -0.3 is 20.6 Å². The normalized spacial score (nSPS) is 13.0. The molecule has 2 aromatic carbocycles. The summed E-state index contributed by atoms with van der Waals surface area (Å²) in [6, 6.07) is 12.7. The lowest BCUT2D eigenvalue weighted by atomic mass is 10.1. The maximum Gasteiger partial charge on any atom is 0.337 e. The number of anilines is 3. The molecule has 1 fully saturated rings. The van der Waals surface area contributed by atoms with E-state index in [1.54, 1.807) is 29.6 Å². The lowest BCUT2D eigenvalue weighted by molar-refractivity contribution is 0.0698. The standard InChI is InChI=1S/C27H30FN3O3S/c1-17(2)16-31(13-11-18-7-8-18)24-10-9-19(25-20(26(32)33)12-14-35-25)15-23(24)30-27(34)29-22-6-4-3-5-21(22)28/h3-6,9-10,12,14-15,17-18H,7-8,11,13,16H2,1-2H3,(H,32,33)(H2,29,30,34). The number of thiophene rings is 1. The zero-order valence-electron chi connectivity index (χ0n) is 19.9. The van der Waals surface area contributed by atoms with Crippen molar-refractivity contribution in [1.82, 2.24) is 0 Å². The zero-order chi connectivity index (χ0) is 24.9. The highest BCUT2D eigenvalue weighted by Gasteiger charge is 2.24. The van der Waals surface area contributed by atoms with E-state index in [0.717, 1.165) is 31.1 Å². The summed E-state index contributed by atoms with van der Waals surface area (Å²) in [5.41, 5.74) is 2.42. The average Bonchev–Trinajstić information content (AvgIpc) is 3.50. The van der Waals surface area contributed by atoms with E-state index in [1.807, 2.05) is 12.1 Å². The van der Waals surface area contributed by atoms with Gasteiger partial charge in [-0.1, -0.05) is 44.9 Å². The Labute approximate surface area is 208 Å². The van der Waals surface area contributed by atoms with Gasteiger partial charge in [-0.25, -0.2) is 14.0 Å². The Morgan fingerprint density at radius 3 is 2.54 bits per heavy atom. The Kier molecular flexibility index (Phi) is 7.70. The Bertz CT molecular complexity index is 1210. The highest BCUT2D eigenvalue weighted by molar-refractivity contribution is 7.14. The summed E-state index contributed by atoms with van der Waals surface area (Å²) in [5.74, 6) is -0.353. The van der Waals surface area contributed by atoms with Crippen molar-refractivity contribution >= 4 is 40.4 Å². The zero-order valence-corrected chi connectivity index (χ0v) is 20.7. The molecule has 3 aromatic rings. The van der Waals surface area contributed by atoms with Gasteiger partial charge in [0.05, 0.1) is 22.6 Å². The number of hydrogen-bond acceptors (Lipinski definition) is 4. The Morgan fingerprint density at radius 2 is 1.86 bits per heavy atom. The molecular weight excluding hydrogens is 465 g/mol. The van der Waals surface area contributed by atoms with Crippen molar-refractivity contribution in [3.63, 3.8) is 0 Å². The molecule has 2 amide bonds. The fraction of sp³-hybridized carbons (Fsp3) is 0.333. The van der Waals surface area contributed by atoms with Crippen molar-refractivity contribution in [3.05, 3.63) is 65.3 Å². The molecule has 3 N–H and O–H groups in total. The highest BCUT2D eigenvalue weighted by Crippen LogP contribution is 2.38. The number of aromatic carboxylic acids is 1. The summed E-state index contributed by atoms with van der Waals surface area (Å²) in [6.45, 7) is 5.99. The fourth-order valence-corrected chi connectivity index (χ4v) is 4.97. The summed E-state index contributed by atoms with van der Waals surface area (Å²) < 4.78 is 14.1. The van der Waals surface area contributed by atoms with Crippen molar-refractivity contribution < 1.29 is 19.1 Å². The summed E-state index contributed by atoms with van der Waals surface area (Å²) in [7, 11) is 0. The van der Waals surface area contributed by atoms with Gasteiger partial charge in [0.1, 0.15) is 5.82 Å². The van der Waals surface area contributed by atoms with Crippen LogP contribution in [-0.4, -0.2) is 30.2 Å². The van der Waals surface area contributed by atoms with Crippen LogP contribution in [0.15, 0.2) is 53.9 Å². The van der Waals surface area contributed by atoms with E-state index in [2.05, 4.69) is 29.4 Å². The smallest absolute Gasteiger partial charge is 0.337 e. The summed E-state index contributed by atoms with van der Waals surface area (Å²) in [5, 5.41) is 16.8. The molecule has 184 valence electrons. The van der Waals surface area contributed by atoms with Gasteiger partial charge in [-0.2, -0.15) is 0 Å². The minimum absolute atomic E-state index is 0.0851. The van der Waals surface area contributed by atoms with E-state index in [9.17, 15) is 19.1 Å². The van der Waals surface area contributed by atoms with Crippen LogP contribution in [0, 0.1) is 17.7 Å². The third-order valence-electron chi connectivity index (χ3n) is 5.96. The molecule has 6 nitrogen and oxygen atoms in total. The van der Waals surface area contributed by atoms with Crippen LogP contribution in [0.3, 0.4) is 0 Å². The van der Waals surface area contributed by atoms with Crippen LogP contribution in [-0.2, 0) is 0 Å². The number of nitrogens with one attached hydrogen (secondary N) is 2. The topological polar surface area (TPSA) is 81.7 Å². The molecule has 0 radical (unpaired) electrons. The predicted octanol–water partition coefficient (Wildman–Crippen LogP) is 7.16. The van der Waals surface area contributed by atoms with Crippen LogP contribution in [0.4, 0.5) is 26.2 Å². The van der Waals surface area contributed by atoms with Crippen molar-refractivity contribution in [2.45, 2.75) is 33.1 Å². The first-order valence-corrected chi connectivity index (χ1v) is 12.7. The van der Waals surface area contributed by atoms with Crippen molar-refractivity contribution in [3.8, 4) is 10.4 Å². The van der Waals surface area contributed by atoms with Crippen LogP contribution < -0.4 is 15.5 Å².